The third kappa shape index (κ3) is 5.88. The maximum Gasteiger partial charge on any atom is 0.389 e. The molecule has 186 valence electrons. The summed E-state index contributed by atoms with van der Waals surface area (Å²) in [6, 6.07) is 10.5. The summed E-state index contributed by atoms with van der Waals surface area (Å²) in [4.78, 5) is 22.4. The largest absolute Gasteiger partial charge is 0.390 e. The number of anilines is 1. The van der Waals surface area contributed by atoms with Crippen molar-refractivity contribution in [2.45, 2.75) is 42.4 Å². The van der Waals surface area contributed by atoms with Crippen LogP contribution in [0.3, 0.4) is 0 Å². The molecule has 2 N–H and O–H groups in total. The van der Waals surface area contributed by atoms with E-state index in [0.717, 1.165) is 0 Å². The van der Waals surface area contributed by atoms with Gasteiger partial charge < -0.3 is 10.0 Å². The molecule has 2 aromatic carbocycles. The molecule has 0 aliphatic carbocycles. The lowest BCUT2D eigenvalue weighted by molar-refractivity contribution is -0.150. The van der Waals surface area contributed by atoms with E-state index in [1.807, 2.05) is 0 Å². The number of piperidine rings is 1. The van der Waals surface area contributed by atoms with Crippen molar-refractivity contribution >= 4 is 32.7 Å². The Morgan fingerprint density at radius 3 is 2.37 bits per heavy atom. The van der Waals surface area contributed by atoms with Crippen LogP contribution in [0.5, 0.6) is 0 Å². The number of hydrogen-bond acceptors (Lipinski definition) is 6. The van der Waals surface area contributed by atoms with Crippen LogP contribution in [0.1, 0.15) is 36.0 Å². The third-order valence-corrected chi connectivity index (χ3v) is 7.40. The number of benzene rings is 2. The zero-order valence-corrected chi connectivity index (χ0v) is 19.3. The molecular weight excluding hydrogens is 485 g/mol. The van der Waals surface area contributed by atoms with E-state index >= 15 is 0 Å². The van der Waals surface area contributed by atoms with Gasteiger partial charge in [0.05, 0.1) is 11.1 Å². The molecule has 0 spiro atoms. The van der Waals surface area contributed by atoms with Crippen molar-refractivity contribution in [3.8, 4) is 0 Å². The quantitative estimate of drug-likeness (QED) is 0.525. The number of carbonyl (C=O) groups is 1. The Morgan fingerprint density at radius 2 is 1.71 bits per heavy atom. The summed E-state index contributed by atoms with van der Waals surface area (Å²) in [5, 5.41) is 10.4. The number of likely N-dealkylation sites (tertiary alicyclic amines) is 1. The average molecular weight is 509 g/mol. The normalized spacial score (nSPS) is 16.3. The highest BCUT2D eigenvalue weighted by Gasteiger charge is 2.38. The van der Waals surface area contributed by atoms with Crippen LogP contribution in [0.4, 0.5) is 18.9 Å². The first-order valence-corrected chi connectivity index (χ1v) is 12.4. The topological polar surface area (TPSA) is 112 Å². The Morgan fingerprint density at radius 1 is 1.06 bits per heavy atom. The van der Waals surface area contributed by atoms with Crippen molar-refractivity contribution < 1.29 is 31.5 Å². The summed E-state index contributed by atoms with van der Waals surface area (Å²) < 4.78 is 65.7. The number of hydrogen-bond donors (Lipinski definition) is 2. The third-order valence-electron chi connectivity index (χ3n) is 5.99. The standard InChI is InChI=1S/C23H23F3N4O4S/c24-23(25,26)9-8-22(32)10-14-30(15-11-22)21(31)16-4-6-17(7-5-16)29-35(33,34)19-3-1-2-18-20(19)28-13-12-27-18/h1-7,12-13,29,32H,8-11,14-15H2. The summed E-state index contributed by atoms with van der Waals surface area (Å²) in [5.41, 5.74) is -0.245. The number of nitrogens with one attached hydrogen (secondary N) is 1. The van der Waals surface area contributed by atoms with E-state index in [-0.39, 0.29) is 47.9 Å². The minimum atomic E-state index is -4.34. The number of aliphatic hydroxyl groups is 1. The van der Waals surface area contributed by atoms with Crippen LogP contribution in [0, 0.1) is 0 Å². The Balaban J connectivity index is 1.41. The van der Waals surface area contributed by atoms with Gasteiger partial charge in [0.1, 0.15) is 10.4 Å². The van der Waals surface area contributed by atoms with Gasteiger partial charge in [0.2, 0.25) is 0 Å². The molecule has 1 amide bonds. The van der Waals surface area contributed by atoms with Crippen molar-refractivity contribution in [3.05, 3.63) is 60.4 Å². The molecule has 0 radical (unpaired) electrons. The number of sulfonamides is 1. The minimum Gasteiger partial charge on any atom is -0.390 e. The van der Waals surface area contributed by atoms with Gasteiger partial charge in [-0.05, 0) is 55.7 Å². The zero-order chi connectivity index (χ0) is 25.3. The number of alkyl halides is 3. The number of fused-ring (bicyclic) bond motifs is 1. The van der Waals surface area contributed by atoms with Gasteiger partial charge in [-0.15, -0.1) is 0 Å². The maximum absolute atomic E-state index is 12.9. The van der Waals surface area contributed by atoms with Crippen molar-refractivity contribution in [2.75, 3.05) is 17.8 Å². The number of rotatable bonds is 6. The highest BCUT2D eigenvalue weighted by Crippen LogP contribution is 2.32. The van der Waals surface area contributed by atoms with E-state index in [2.05, 4.69) is 14.7 Å². The fraction of sp³-hybridized carbons (Fsp3) is 0.348. The van der Waals surface area contributed by atoms with Crippen LogP contribution in [0.2, 0.25) is 0 Å². The minimum absolute atomic E-state index is 0.0328. The van der Waals surface area contributed by atoms with Gasteiger partial charge in [0.15, 0.2) is 0 Å². The zero-order valence-electron chi connectivity index (χ0n) is 18.5. The molecule has 12 heteroatoms. The molecule has 35 heavy (non-hydrogen) atoms. The molecule has 1 fully saturated rings. The molecular formula is C23H23F3N4O4S. The Kier molecular flexibility index (Phi) is 6.69. The second-order valence-electron chi connectivity index (χ2n) is 8.49. The van der Waals surface area contributed by atoms with Gasteiger partial charge in [-0.1, -0.05) is 6.07 Å². The number of aromatic nitrogens is 2. The van der Waals surface area contributed by atoms with Crippen molar-refractivity contribution in [2.24, 2.45) is 0 Å². The van der Waals surface area contributed by atoms with Crippen LogP contribution in [-0.2, 0) is 10.0 Å². The molecule has 0 unspecified atom stereocenters. The number of halogens is 3. The molecule has 0 bridgehead atoms. The second kappa shape index (κ2) is 9.42. The van der Waals surface area contributed by atoms with E-state index in [1.54, 1.807) is 12.1 Å². The van der Waals surface area contributed by atoms with E-state index in [4.69, 9.17) is 0 Å². The molecule has 1 saturated heterocycles. The molecule has 8 nitrogen and oxygen atoms in total. The monoisotopic (exact) mass is 508 g/mol. The lowest BCUT2D eigenvalue weighted by Gasteiger charge is -2.38. The fourth-order valence-electron chi connectivity index (χ4n) is 4.01. The number of carbonyl (C=O) groups excluding carboxylic acids is 1. The van der Waals surface area contributed by atoms with Gasteiger partial charge in [-0.25, -0.2) is 8.42 Å². The van der Waals surface area contributed by atoms with Gasteiger partial charge >= 0.3 is 6.18 Å². The number of nitrogens with zero attached hydrogens (tertiary/aromatic N) is 3. The highest BCUT2D eigenvalue weighted by atomic mass is 32.2. The first-order valence-electron chi connectivity index (χ1n) is 10.9. The van der Waals surface area contributed by atoms with Gasteiger partial charge in [-0.2, -0.15) is 13.2 Å². The van der Waals surface area contributed by atoms with Crippen molar-refractivity contribution in [1.29, 1.82) is 0 Å². The predicted molar refractivity (Wildman–Crippen MR) is 122 cm³/mol. The Labute approximate surface area is 199 Å². The highest BCUT2D eigenvalue weighted by molar-refractivity contribution is 7.93. The van der Waals surface area contributed by atoms with Crippen LogP contribution in [-0.4, -0.2) is 59.2 Å². The summed E-state index contributed by atoms with van der Waals surface area (Å²) >= 11 is 0. The first-order chi connectivity index (χ1) is 16.5. The van der Waals surface area contributed by atoms with Crippen molar-refractivity contribution in [1.82, 2.24) is 14.9 Å². The van der Waals surface area contributed by atoms with Crippen LogP contribution < -0.4 is 4.72 Å². The molecule has 1 aliphatic rings. The summed E-state index contributed by atoms with van der Waals surface area (Å²) in [7, 11) is -3.98. The average Bonchev–Trinajstić information content (AvgIpc) is 2.82. The molecule has 2 heterocycles. The smallest absolute Gasteiger partial charge is 0.389 e. The SMILES string of the molecule is O=C(c1ccc(NS(=O)(=O)c2cccc3nccnc23)cc1)N1CCC(O)(CCC(F)(F)F)CC1. The summed E-state index contributed by atoms with van der Waals surface area (Å²) in [5.74, 6) is -0.346. The molecule has 0 saturated carbocycles. The lowest BCUT2D eigenvalue weighted by atomic mass is 9.86. The molecule has 0 atom stereocenters. The van der Waals surface area contributed by atoms with E-state index in [0.29, 0.717) is 11.1 Å². The van der Waals surface area contributed by atoms with Crippen LogP contribution in [0.15, 0.2) is 59.8 Å². The molecule has 3 aromatic rings. The molecule has 4 rings (SSSR count). The van der Waals surface area contributed by atoms with Gasteiger partial charge in [0, 0.05) is 43.2 Å². The Bertz CT molecular complexity index is 1320. The maximum atomic E-state index is 12.9. The van der Waals surface area contributed by atoms with E-state index in [1.165, 1.54) is 47.6 Å². The summed E-state index contributed by atoms with van der Waals surface area (Å²) in [6.07, 6.45) is -2.82. The first kappa shape index (κ1) is 24.9. The van der Waals surface area contributed by atoms with E-state index in [9.17, 15) is 31.5 Å². The number of para-hydroxylation sites is 1. The summed E-state index contributed by atoms with van der Waals surface area (Å²) in [6.45, 7) is 0.257. The lowest BCUT2D eigenvalue weighted by Crippen LogP contribution is -2.47. The van der Waals surface area contributed by atoms with Gasteiger partial charge in [0.25, 0.3) is 15.9 Å². The predicted octanol–water partition coefficient (Wildman–Crippen LogP) is 3.74. The van der Waals surface area contributed by atoms with Crippen LogP contribution in [0.25, 0.3) is 11.0 Å². The van der Waals surface area contributed by atoms with Crippen LogP contribution >= 0.6 is 0 Å². The molecule has 1 aliphatic heterocycles. The van der Waals surface area contributed by atoms with Gasteiger partial charge in [-0.3, -0.25) is 19.5 Å². The molecule has 1 aromatic heterocycles. The number of amides is 1. The van der Waals surface area contributed by atoms with Crippen molar-refractivity contribution in [3.63, 3.8) is 0 Å². The van der Waals surface area contributed by atoms with E-state index < -0.39 is 34.6 Å². The fourth-order valence-corrected chi connectivity index (χ4v) is 5.23. The Hall–Kier alpha value is -3.25. The second-order valence-corrected chi connectivity index (χ2v) is 10.1.